The number of carboxylic acid groups (broad SMARTS) is 1. The zero-order valence-corrected chi connectivity index (χ0v) is 18.3. The number of ketones is 1. The highest BCUT2D eigenvalue weighted by atomic mass is 79.9. The van der Waals surface area contributed by atoms with Crippen LogP contribution in [0.25, 0.3) is 5.70 Å². The molecule has 0 aromatic heterocycles. The number of hydrogen-bond donors (Lipinski definition) is 1. The zero-order valence-electron chi connectivity index (χ0n) is 16.7. The van der Waals surface area contributed by atoms with Crippen LogP contribution in [0.15, 0.2) is 57.5 Å². The van der Waals surface area contributed by atoms with Crippen LogP contribution in [0.2, 0.25) is 0 Å². The Labute approximate surface area is 186 Å². The molecule has 1 N–H and O–H groups in total. The number of rotatable bonds is 5. The van der Waals surface area contributed by atoms with Crippen LogP contribution in [0, 0.1) is 5.92 Å². The number of halogens is 1. The number of ether oxygens (including phenoxy) is 2. The van der Waals surface area contributed by atoms with Crippen molar-refractivity contribution in [3.8, 4) is 5.75 Å². The van der Waals surface area contributed by atoms with E-state index in [4.69, 9.17) is 14.6 Å². The summed E-state index contributed by atoms with van der Waals surface area (Å²) < 4.78 is 11.3. The van der Waals surface area contributed by atoms with Gasteiger partial charge in [0.05, 0.1) is 12.8 Å². The molecule has 31 heavy (non-hydrogen) atoms. The van der Waals surface area contributed by atoms with E-state index in [9.17, 15) is 14.4 Å². The lowest BCUT2D eigenvalue weighted by Crippen LogP contribution is -2.34. The highest BCUT2D eigenvalue weighted by molar-refractivity contribution is 9.10. The van der Waals surface area contributed by atoms with Crippen LogP contribution in [0.5, 0.6) is 5.75 Å². The Hall–Kier alpha value is -3.26. The van der Waals surface area contributed by atoms with Crippen molar-refractivity contribution in [1.82, 2.24) is 0 Å². The Morgan fingerprint density at radius 3 is 2.55 bits per heavy atom. The fraction of sp³-hybridized carbons (Fsp3) is 0.217. The van der Waals surface area contributed by atoms with Gasteiger partial charge in [0.25, 0.3) is 0 Å². The van der Waals surface area contributed by atoms with Crippen LogP contribution in [0.1, 0.15) is 34.3 Å². The van der Waals surface area contributed by atoms with Gasteiger partial charge in [0.15, 0.2) is 12.4 Å². The molecule has 1 heterocycles. The zero-order chi connectivity index (χ0) is 22.3. The normalized spacial score (nSPS) is 19.5. The molecule has 2 aliphatic rings. The number of Topliss-reactive ketones (excluding diaryl/α,β-unsaturated/α-hetero) is 1. The molecule has 1 aliphatic heterocycles. The molecule has 7 nitrogen and oxygen atoms in total. The minimum absolute atomic E-state index is 0.218. The standard InChI is InChI=1S/C23H18BrNO6/c1-11-18(23(29)30-2)19(15-9-12(24)7-8-16(15)31-10-17(26)27)20-21(25-11)13-5-3-4-6-14(13)22(20)28/h3-9,18-19H,10H2,1-2H3,(H,26,27)/t18?,19-/m1/s1. The van der Waals surface area contributed by atoms with Crippen LogP contribution in [0.4, 0.5) is 0 Å². The number of nitrogens with zero attached hydrogens (tertiary/aromatic N) is 1. The number of aliphatic imine (C=N–C) groups is 1. The first-order valence-electron chi connectivity index (χ1n) is 9.48. The molecule has 8 heteroatoms. The van der Waals surface area contributed by atoms with E-state index in [-0.39, 0.29) is 11.5 Å². The molecule has 0 spiro atoms. The summed E-state index contributed by atoms with van der Waals surface area (Å²) in [5.41, 5.74) is 3.13. The third-order valence-electron chi connectivity index (χ3n) is 5.42. The van der Waals surface area contributed by atoms with E-state index in [1.54, 1.807) is 37.3 Å². The second-order valence-electron chi connectivity index (χ2n) is 7.23. The van der Waals surface area contributed by atoms with Gasteiger partial charge in [-0.3, -0.25) is 14.6 Å². The number of esters is 1. The molecular formula is C23H18BrNO6. The maximum Gasteiger partial charge on any atom is 0.341 e. The van der Waals surface area contributed by atoms with Gasteiger partial charge in [-0.25, -0.2) is 4.79 Å². The molecule has 0 amide bonds. The van der Waals surface area contributed by atoms with Crippen molar-refractivity contribution in [3.63, 3.8) is 0 Å². The number of methoxy groups -OCH3 is 1. The van der Waals surface area contributed by atoms with Crippen LogP contribution in [-0.4, -0.2) is 42.3 Å². The number of carbonyl (C=O) groups excluding carboxylic acids is 2. The van der Waals surface area contributed by atoms with Gasteiger partial charge in [-0.1, -0.05) is 40.2 Å². The average Bonchev–Trinajstić information content (AvgIpc) is 3.03. The van der Waals surface area contributed by atoms with Crippen molar-refractivity contribution >= 4 is 45.1 Å². The molecular weight excluding hydrogens is 466 g/mol. The molecule has 4 rings (SSSR count). The molecule has 0 radical (unpaired) electrons. The molecule has 158 valence electrons. The van der Waals surface area contributed by atoms with Crippen LogP contribution < -0.4 is 4.74 Å². The molecule has 0 bridgehead atoms. The third kappa shape index (κ3) is 3.57. The highest BCUT2D eigenvalue weighted by Gasteiger charge is 2.47. The smallest absolute Gasteiger partial charge is 0.341 e. The van der Waals surface area contributed by atoms with E-state index >= 15 is 0 Å². The van der Waals surface area contributed by atoms with Crippen LogP contribution >= 0.6 is 15.9 Å². The summed E-state index contributed by atoms with van der Waals surface area (Å²) in [4.78, 5) is 41.9. The van der Waals surface area contributed by atoms with E-state index in [1.165, 1.54) is 7.11 Å². The van der Waals surface area contributed by atoms with Crippen molar-refractivity contribution < 1.29 is 29.0 Å². The highest BCUT2D eigenvalue weighted by Crippen LogP contribution is 2.50. The summed E-state index contributed by atoms with van der Waals surface area (Å²) in [5, 5.41) is 9.07. The fourth-order valence-corrected chi connectivity index (χ4v) is 4.53. The predicted molar refractivity (Wildman–Crippen MR) is 116 cm³/mol. The van der Waals surface area contributed by atoms with Crippen molar-refractivity contribution in [1.29, 1.82) is 0 Å². The van der Waals surface area contributed by atoms with E-state index in [0.717, 1.165) is 0 Å². The first-order chi connectivity index (χ1) is 14.8. The van der Waals surface area contributed by atoms with Crippen LogP contribution in [-0.2, 0) is 14.3 Å². The lowest BCUT2D eigenvalue weighted by Gasteiger charge is -2.31. The largest absolute Gasteiger partial charge is 0.482 e. The molecule has 2 aromatic carbocycles. The monoisotopic (exact) mass is 483 g/mol. The number of hydrogen-bond acceptors (Lipinski definition) is 6. The van der Waals surface area contributed by atoms with Gasteiger partial charge in [0.1, 0.15) is 11.7 Å². The van der Waals surface area contributed by atoms with Gasteiger partial charge in [-0.15, -0.1) is 0 Å². The molecule has 0 saturated heterocycles. The minimum atomic E-state index is -1.14. The maximum absolute atomic E-state index is 13.4. The number of aliphatic carboxylic acids is 1. The van der Waals surface area contributed by atoms with Crippen molar-refractivity contribution in [2.24, 2.45) is 10.9 Å². The van der Waals surface area contributed by atoms with Gasteiger partial charge in [-0.05, 0) is 25.1 Å². The maximum atomic E-state index is 13.4. The number of carbonyl (C=O) groups is 3. The van der Waals surface area contributed by atoms with Gasteiger partial charge < -0.3 is 14.6 Å². The lowest BCUT2D eigenvalue weighted by atomic mass is 9.75. The summed E-state index contributed by atoms with van der Waals surface area (Å²) in [5.74, 6) is -3.22. The van der Waals surface area contributed by atoms with Gasteiger partial charge >= 0.3 is 11.9 Å². The number of benzene rings is 2. The average molecular weight is 484 g/mol. The van der Waals surface area contributed by atoms with Crippen LogP contribution in [0.3, 0.4) is 0 Å². The molecule has 0 saturated carbocycles. The molecule has 2 atom stereocenters. The van der Waals surface area contributed by atoms with E-state index in [2.05, 4.69) is 20.9 Å². The Kier molecular flexibility index (Phi) is 5.49. The summed E-state index contributed by atoms with van der Waals surface area (Å²) in [6.07, 6.45) is 0. The number of fused-ring (bicyclic) bond motifs is 2. The number of carboxylic acids is 1. The Balaban J connectivity index is 1.95. The van der Waals surface area contributed by atoms with E-state index in [1.807, 2.05) is 12.1 Å². The third-order valence-corrected chi connectivity index (χ3v) is 5.92. The van der Waals surface area contributed by atoms with Crippen molar-refractivity contribution in [2.75, 3.05) is 13.7 Å². The second kappa shape index (κ2) is 8.11. The second-order valence-corrected chi connectivity index (χ2v) is 8.15. The van der Waals surface area contributed by atoms with Gasteiger partial charge in [0.2, 0.25) is 0 Å². The Morgan fingerprint density at radius 1 is 1.16 bits per heavy atom. The summed E-state index contributed by atoms with van der Waals surface area (Å²) in [6.45, 7) is 1.16. The van der Waals surface area contributed by atoms with E-state index < -0.39 is 30.4 Å². The Morgan fingerprint density at radius 2 is 1.87 bits per heavy atom. The molecule has 1 unspecified atom stereocenters. The minimum Gasteiger partial charge on any atom is -0.482 e. The molecule has 2 aromatic rings. The Bertz CT molecular complexity index is 1180. The summed E-state index contributed by atoms with van der Waals surface area (Å²) in [7, 11) is 1.28. The first-order valence-corrected chi connectivity index (χ1v) is 10.3. The lowest BCUT2D eigenvalue weighted by molar-refractivity contribution is -0.143. The topological polar surface area (TPSA) is 102 Å². The van der Waals surface area contributed by atoms with E-state index in [0.29, 0.717) is 38.1 Å². The quantitative estimate of drug-likeness (QED) is 0.647. The number of allylic oxidation sites excluding steroid dienone is 1. The van der Waals surface area contributed by atoms with Crippen molar-refractivity contribution in [2.45, 2.75) is 12.8 Å². The predicted octanol–water partition coefficient (Wildman–Crippen LogP) is 3.87. The summed E-state index contributed by atoms with van der Waals surface area (Å²) in [6, 6.07) is 12.2. The fourth-order valence-electron chi connectivity index (χ4n) is 4.15. The van der Waals surface area contributed by atoms with Gasteiger partial charge in [0, 0.05) is 38.4 Å². The molecule has 1 aliphatic carbocycles. The van der Waals surface area contributed by atoms with Crippen molar-refractivity contribution in [3.05, 3.63) is 69.2 Å². The first kappa shape index (κ1) is 21.0. The van der Waals surface area contributed by atoms with Gasteiger partial charge in [-0.2, -0.15) is 0 Å². The molecule has 0 fully saturated rings. The SMILES string of the molecule is COC(=O)C1C(C)=NC2=C(C(=O)c3ccccc32)[C@@H]1c1cc(Br)ccc1OCC(=O)O. The summed E-state index contributed by atoms with van der Waals surface area (Å²) >= 11 is 3.43.